The van der Waals surface area contributed by atoms with Crippen LogP contribution in [0.25, 0.3) is 0 Å². The highest BCUT2D eigenvalue weighted by atomic mass is 32.2. The Balaban J connectivity index is 1.49. The smallest absolute Gasteiger partial charge is 0.271 e. The molecular formula is C25H25N3O5S. The number of hydrazone groups is 1. The summed E-state index contributed by atoms with van der Waals surface area (Å²) in [4.78, 5) is 12.6. The molecule has 8 nitrogen and oxygen atoms in total. The predicted octanol–water partition coefficient (Wildman–Crippen LogP) is 4.03. The summed E-state index contributed by atoms with van der Waals surface area (Å²) in [5.74, 6) is 0.763. The van der Waals surface area contributed by atoms with Gasteiger partial charge < -0.3 is 9.47 Å². The van der Waals surface area contributed by atoms with Crippen molar-refractivity contribution in [1.82, 2.24) is 5.43 Å². The fourth-order valence-corrected chi connectivity index (χ4v) is 4.64. The molecule has 0 bridgehead atoms. The fourth-order valence-electron chi connectivity index (χ4n) is 3.47. The Bertz CT molecular complexity index is 1380. The normalized spacial score (nSPS) is 13.3. The fraction of sp³-hybridized carbons (Fsp3) is 0.200. The Kier molecular flexibility index (Phi) is 6.56. The molecule has 0 aliphatic carbocycles. The Hall–Kier alpha value is -3.85. The zero-order valence-electron chi connectivity index (χ0n) is 19.1. The van der Waals surface area contributed by atoms with Crippen molar-refractivity contribution in [1.29, 1.82) is 0 Å². The van der Waals surface area contributed by atoms with Crippen LogP contribution in [0.3, 0.4) is 0 Å². The van der Waals surface area contributed by atoms with Crippen molar-refractivity contribution < 1.29 is 22.7 Å². The molecule has 3 aromatic rings. The second-order valence-corrected chi connectivity index (χ2v) is 9.63. The molecule has 1 aliphatic rings. The number of sulfonamides is 1. The molecule has 4 rings (SSSR count). The lowest BCUT2D eigenvalue weighted by molar-refractivity contribution is 0.0954. The van der Waals surface area contributed by atoms with Gasteiger partial charge in [0.05, 0.1) is 16.3 Å². The molecule has 0 aromatic heterocycles. The van der Waals surface area contributed by atoms with Crippen LogP contribution >= 0.6 is 0 Å². The number of aryl methyl sites for hydroxylation is 2. The van der Waals surface area contributed by atoms with E-state index < -0.39 is 15.9 Å². The van der Waals surface area contributed by atoms with Gasteiger partial charge in [0.15, 0.2) is 11.5 Å². The van der Waals surface area contributed by atoms with Crippen LogP contribution in [0.15, 0.2) is 70.7 Å². The van der Waals surface area contributed by atoms with Crippen LogP contribution in [0.1, 0.15) is 34.0 Å². The van der Waals surface area contributed by atoms with E-state index in [4.69, 9.17) is 9.47 Å². The summed E-state index contributed by atoms with van der Waals surface area (Å²) >= 11 is 0. The minimum absolute atomic E-state index is 0.0207. The first-order chi connectivity index (χ1) is 16.2. The first kappa shape index (κ1) is 23.3. The molecule has 0 saturated heterocycles. The van der Waals surface area contributed by atoms with Crippen LogP contribution in [0, 0.1) is 13.8 Å². The summed E-state index contributed by atoms with van der Waals surface area (Å²) in [5, 5.41) is 4.15. The molecule has 1 aliphatic heterocycles. The van der Waals surface area contributed by atoms with Crippen molar-refractivity contribution >= 4 is 27.3 Å². The van der Waals surface area contributed by atoms with Gasteiger partial charge in [0, 0.05) is 11.1 Å². The van der Waals surface area contributed by atoms with Crippen molar-refractivity contribution in [3.05, 3.63) is 82.9 Å². The topological polar surface area (TPSA) is 106 Å². The van der Waals surface area contributed by atoms with Gasteiger partial charge in [-0.05, 0) is 68.8 Å². The van der Waals surface area contributed by atoms with E-state index in [1.807, 2.05) is 32.0 Å². The SMILES string of the molecule is CC(=NNC(=O)c1cccc(S(=O)(=O)Nc2ccc(C)cc2C)c1)c1ccc2c(c1)OCCO2. The third-order valence-corrected chi connectivity index (χ3v) is 6.68. The number of hydrogen-bond donors (Lipinski definition) is 2. The summed E-state index contributed by atoms with van der Waals surface area (Å²) in [6.45, 7) is 6.49. The van der Waals surface area contributed by atoms with E-state index in [0.717, 1.165) is 16.7 Å². The second kappa shape index (κ2) is 9.56. The maximum absolute atomic E-state index is 12.9. The second-order valence-electron chi connectivity index (χ2n) is 7.95. The maximum atomic E-state index is 12.9. The maximum Gasteiger partial charge on any atom is 0.271 e. The lowest BCUT2D eigenvalue weighted by Gasteiger charge is -2.18. The summed E-state index contributed by atoms with van der Waals surface area (Å²) in [6.07, 6.45) is 0. The third kappa shape index (κ3) is 5.20. The Labute approximate surface area is 198 Å². The van der Waals surface area contributed by atoms with Crippen molar-refractivity contribution in [3.8, 4) is 11.5 Å². The predicted molar refractivity (Wildman–Crippen MR) is 130 cm³/mol. The van der Waals surface area contributed by atoms with E-state index in [1.54, 1.807) is 25.1 Å². The van der Waals surface area contributed by atoms with E-state index in [9.17, 15) is 13.2 Å². The quantitative estimate of drug-likeness (QED) is 0.410. The summed E-state index contributed by atoms with van der Waals surface area (Å²) < 4.78 is 39.5. The number of nitrogens with zero attached hydrogens (tertiary/aromatic N) is 1. The van der Waals surface area contributed by atoms with Crippen molar-refractivity contribution in [2.45, 2.75) is 25.7 Å². The number of anilines is 1. The zero-order chi connectivity index (χ0) is 24.3. The number of nitrogens with one attached hydrogen (secondary N) is 2. The third-order valence-electron chi connectivity index (χ3n) is 5.32. The molecule has 0 fully saturated rings. The molecule has 2 N–H and O–H groups in total. The molecule has 0 saturated carbocycles. The van der Waals surface area contributed by atoms with Crippen LogP contribution in [0.5, 0.6) is 11.5 Å². The van der Waals surface area contributed by atoms with Crippen LogP contribution < -0.4 is 19.6 Å². The van der Waals surface area contributed by atoms with E-state index in [2.05, 4.69) is 15.2 Å². The highest BCUT2D eigenvalue weighted by molar-refractivity contribution is 7.92. The average molecular weight is 480 g/mol. The summed E-state index contributed by atoms with van der Waals surface area (Å²) in [7, 11) is -3.88. The first-order valence-electron chi connectivity index (χ1n) is 10.7. The highest BCUT2D eigenvalue weighted by Crippen LogP contribution is 2.31. The van der Waals surface area contributed by atoms with E-state index in [0.29, 0.717) is 36.1 Å². The number of carbonyl (C=O) groups excluding carboxylic acids is 1. The molecule has 176 valence electrons. The van der Waals surface area contributed by atoms with Crippen LogP contribution in [0.2, 0.25) is 0 Å². The van der Waals surface area contributed by atoms with Crippen LogP contribution in [-0.2, 0) is 10.0 Å². The van der Waals surface area contributed by atoms with Gasteiger partial charge in [-0.2, -0.15) is 5.10 Å². The lowest BCUT2D eigenvalue weighted by Crippen LogP contribution is -2.21. The molecule has 9 heteroatoms. The Morgan fingerprint density at radius 3 is 2.44 bits per heavy atom. The largest absolute Gasteiger partial charge is 0.486 e. The molecule has 34 heavy (non-hydrogen) atoms. The number of benzene rings is 3. The van der Waals surface area contributed by atoms with Gasteiger partial charge in [-0.15, -0.1) is 0 Å². The number of hydrogen-bond acceptors (Lipinski definition) is 6. The summed E-state index contributed by atoms with van der Waals surface area (Å²) in [5.41, 5.74) is 6.30. The number of ether oxygens (including phenoxy) is 2. The van der Waals surface area contributed by atoms with Gasteiger partial charge in [0.1, 0.15) is 13.2 Å². The zero-order valence-corrected chi connectivity index (χ0v) is 19.9. The molecule has 3 aromatic carbocycles. The Morgan fingerprint density at radius 1 is 0.912 bits per heavy atom. The number of fused-ring (bicyclic) bond motifs is 1. The van der Waals surface area contributed by atoms with Crippen LogP contribution in [-0.4, -0.2) is 33.3 Å². The molecule has 0 spiro atoms. The van der Waals surface area contributed by atoms with Gasteiger partial charge in [-0.3, -0.25) is 9.52 Å². The first-order valence-corrected chi connectivity index (χ1v) is 12.2. The standard InChI is InChI=1S/C25H25N3O5S/c1-16-7-9-22(17(2)13-16)28-34(30,31)21-6-4-5-20(14-21)25(29)27-26-18(3)19-8-10-23-24(15-19)33-12-11-32-23/h4-10,13-15,28H,11-12H2,1-3H3,(H,27,29). The number of rotatable bonds is 6. The minimum atomic E-state index is -3.88. The van der Waals surface area contributed by atoms with Gasteiger partial charge in [-0.1, -0.05) is 23.8 Å². The monoisotopic (exact) mass is 479 g/mol. The van der Waals surface area contributed by atoms with Gasteiger partial charge in [0.25, 0.3) is 15.9 Å². The molecule has 0 radical (unpaired) electrons. The van der Waals surface area contributed by atoms with E-state index in [-0.39, 0.29) is 10.5 Å². The van der Waals surface area contributed by atoms with E-state index >= 15 is 0 Å². The highest BCUT2D eigenvalue weighted by Gasteiger charge is 2.18. The molecule has 1 amide bonds. The molecule has 0 unspecified atom stereocenters. The van der Waals surface area contributed by atoms with Crippen molar-refractivity contribution in [3.63, 3.8) is 0 Å². The molecular weight excluding hydrogens is 454 g/mol. The molecule has 0 atom stereocenters. The van der Waals surface area contributed by atoms with Crippen molar-refractivity contribution in [2.24, 2.45) is 5.10 Å². The number of amides is 1. The van der Waals surface area contributed by atoms with E-state index in [1.165, 1.54) is 24.3 Å². The summed E-state index contributed by atoms with van der Waals surface area (Å²) in [6, 6.07) is 16.7. The lowest BCUT2D eigenvalue weighted by atomic mass is 10.1. The van der Waals surface area contributed by atoms with Crippen LogP contribution in [0.4, 0.5) is 5.69 Å². The van der Waals surface area contributed by atoms with Gasteiger partial charge >= 0.3 is 0 Å². The number of carbonyl (C=O) groups is 1. The molecule has 1 heterocycles. The Morgan fingerprint density at radius 2 is 1.68 bits per heavy atom. The van der Waals surface area contributed by atoms with Gasteiger partial charge in [0.2, 0.25) is 0 Å². The van der Waals surface area contributed by atoms with Gasteiger partial charge in [-0.25, -0.2) is 13.8 Å². The minimum Gasteiger partial charge on any atom is -0.486 e. The average Bonchev–Trinajstić information content (AvgIpc) is 2.83. The van der Waals surface area contributed by atoms with Crippen molar-refractivity contribution in [2.75, 3.05) is 17.9 Å².